The summed E-state index contributed by atoms with van der Waals surface area (Å²) in [5.74, 6) is -0.748. The number of hydrogen-bond donors (Lipinski definition) is 1. The summed E-state index contributed by atoms with van der Waals surface area (Å²) in [6.45, 7) is 2.93. The van der Waals surface area contributed by atoms with Crippen LogP contribution in [0.4, 0.5) is 0 Å². The summed E-state index contributed by atoms with van der Waals surface area (Å²) < 4.78 is 7.03. The van der Waals surface area contributed by atoms with E-state index in [1.165, 1.54) is 4.68 Å². The van der Waals surface area contributed by atoms with Crippen molar-refractivity contribution in [3.05, 3.63) is 93.9 Å². The summed E-state index contributed by atoms with van der Waals surface area (Å²) >= 11 is 0. The molecule has 0 radical (unpaired) electrons. The van der Waals surface area contributed by atoms with Crippen LogP contribution in [0.25, 0.3) is 0 Å². The van der Waals surface area contributed by atoms with Crippen LogP contribution in [0, 0.1) is 0 Å². The monoisotopic (exact) mass is 392 g/mol. The first-order valence-corrected chi connectivity index (χ1v) is 9.61. The lowest BCUT2D eigenvalue weighted by atomic mass is 9.83. The topological polar surface area (TPSA) is 81.4 Å². The van der Waals surface area contributed by atoms with Crippen LogP contribution in [0.1, 0.15) is 46.9 Å². The second-order valence-corrected chi connectivity index (χ2v) is 6.66. The van der Waals surface area contributed by atoms with Crippen LogP contribution in [-0.2, 0) is 4.74 Å². The molecule has 0 aliphatic rings. The first-order valence-electron chi connectivity index (χ1n) is 9.61. The molecule has 0 aliphatic heterocycles. The molecule has 0 bridgehead atoms. The predicted octanol–water partition coefficient (Wildman–Crippen LogP) is 3.56. The van der Waals surface area contributed by atoms with Crippen LogP contribution in [0.2, 0.25) is 0 Å². The lowest BCUT2D eigenvalue weighted by molar-refractivity contribution is 0.109. The molecule has 0 saturated heterocycles. The van der Waals surface area contributed by atoms with Crippen molar-refractivity contribution in [3.8, 4) is 5.75 Å². The molecule has 1 atom stereocenters. The van der Waals surface area contributed by atoms with Crippen molar-refractivity contribution < 1.29 is 14.6 Å². The van der Waals surface area contributed by atoms with Crippen LogP contribution in [0.3, 0.4) is 0 Å². The molecule has 0 amide bonds. The molecule has 6 nitrogen and oxygen atoms in total. The van der Waals surface area contributed by atoms with E-state index in [1.54, 1.807) is 0 Å². The Morgan fingerprint density at radius 1 is 1.07 bits per heavy atom. The van der Waals surface area contributed by atoms with Gasteiger partial charge in [-0.2, -0.15) is 5.10 Å². The van der Waals surface area contributed by atoms with Crippen molar-refractivity contribution >= 4 is 6.29 Å². The van der Waals surface area contributed by atoms with Crippen LogP contribution >= 0.6 is 0 Å². The van der Waals surface area contributed by atoms with Gasteiger partial charge in [-0.1, -0.05) is 60.7 Å². The molecule has 0 unspecified atom stereocenters. The Morgan fingerprint density at radius 2 is 1.66 bits per heavy atom. The van der Waals surface area contributed by atoms with Gasteiger partial charge < -0.3 is 9.84 Å². The molecule has 3 rings (SSSR count). The second-order valence-electron chi connectivity index (χ2n) is 6.66. The first-order chi connectivity index (χ1) is 14.2. The molecule has 1 heterocycles. The fourth-order valence-corrected chi connectivity index (χ4v) is 3.58. The lowest BCUT2D eigenvalue weighted by Crippen LogP contribution is -2.27. The van der Waals surface area contributed by atoms with E-state index in [9.17, 15) is 14.7 Å². The van der Waals surface area contributed by atoms with Crippen molar-refractivity contribution in [2.75, 3.05) is 13.2 Å². The Bertz CT molecular complexity index is 947. The molecule has 29 heavy (non-hydrogen) atoms. The maximum atomic E-state index is 11.8. The first kappa shape index (κ1) is 20.5. The molecule has 0 spiro atoms. The maximum Gasteiger partial charge on any atom is 0.242 e. The summed E-state index contributed by atoms with van der Waals surface area (Å²) in [5.41, 5.74) is 1.27. The highest BCUT2D eigenvalue weighted by molar-refractivity contribution is 5.76. The van der Waals surface area contributed by atoms with Crippen molar-refractivity contribution in [1.82, 2.24) is 9.78 Å². The van der Waals surface area contributed by atoms with Gasteiger partial charge >= 0.3 is 0 Å². The highest BCUT2D eigenvalue weighted by Gasteiger charge is 2.29. The third kappa shape index (κ3) is 4.60. The number of aromatic nitrogens is 2. The van der Waals surface area contributed by atoms with Crippen molar-refractivity contribution in [2.45, 2.75) is 25.3 Å². The fraction of sp³-hybridized carbons (Fsp3) is 0.261. The highest BCUT2D eigenvalue weighted by Crippen LogP contribution is 2.38. The number of ether oxygens (including phenoxy) is 1. The lowest BCUT2D eigenvalue weighted by Gasteiger charge is -2.30. The van der Waals surface area contributed by atoms with E-state index >= 15 is 0 Å². The van der Waals surface area contributed by atoms with E-state index < -0.39 is 11.2 Å². The third-order valence-corrected chi connectivity index (χ3v) is 4.91. The number of rotatable bonds is 9. The minimum absolute atomic E-state index is 0.129. The van der Waals surface area contributed by atoms with E-state index in [4.69, 9.17) is 4.74 Å². The molecule has 3 aromatic rings. The fourth-order valence-electron chi connectivity index (χ4n) is 3.58. The minimum atomic E-state index is -0.678. The van der Waals surface area contributed by atoms with Gasteiger partial charge in [0.2, 0.25) is 5.43 Å². The summed E-state index contributed by atoms with van der Waals surface area (Å²) in [4.78, 5) is 23.6. The van der Waals surface area contributed by atoms with Gasteiger partial charge in [0, 0.05) is 19.1 Å². The molecule has 1 N–H and O–H groups in total. The zero-order valence-electron chi connectivity index (χ0n) is 16.3. The summed E-state index contributed by atoms with van der Waals surface area (Å²) in [6.07, 6.45) is 2.06. The number of aldehydes is 1. The molecule has 6 heteroatoms. The zero-order valence-corrected chi connectivity index (χ0v) is 16.3. The molecule has 0 saturated carbocycles. The van der Waals surface area contributed by atoms with Crippen LogP contribution in [0.15, 0.2) is 71.7 Å². The summed E-state index contributed by atoms with van der Waals surface area (Å²) in [5, 5.41) is 14.4. The number of benzene rings is 2. The van der Waals surface area contributed by atoms with E-state index in [0.29, 0.717) is 25.9 Å². The maximum absolute atomic E-state index is 11.8. The second kappa shape index (κ2) is 9.80. The molecule has 150 valence electrons. The average molecular weight is 392 g/mol. The van der Waals surface area contributed by atoms with Gasteiger partial charge in [-0.15, -0.1) is 0 Å². The van der Waals surface area contributed by atoms with Gasteiger partial charge in [-0.3, -0.25) is 14.3 Å². The van der Waals surface area contributed by atoms with Gasteiger partial charge in [0.05, 0.1) is 12.2 Å². The number of aromatic hydroxyl groups is 1. The van der Waals surface area contributed by atoms with Gasteiger partial charge in [0.15, 0.2) is 12.0 Å². The number of hydrogen-bond acceptors (Lipinski definition) is 5. The van der Waals surface area contributed by atoms with Gasteiger partial charge in [-0.25, -0.2) is 0 Å². The van der Waals surface area contributed by atoms with Crippen molar-refractivity contribution in [3.63, 3.8) is 0 Å². The highest BCUT2D eigenvalue weighted by atomic mass is 16.5. The van der Waals surface area contributed by atoms with Gasteiger partial charge in [-0.05, 0) is 24.5 Å². The Kier molecular flexibility index (Phi) is 6.92. The molecule has 1 aromatic heterocycles. The van der Waals surface area contributed by atoms with Crippen LogP contribution in [-0.4, -0.2) is 34.4 Å². The standard InChI is InChI=1S/C23H24N2O4/c1-2-29-14-13-19(25-20(16-26)23(28)21(27)15-24-25)22(17-9-5-3-6-10-17)18-11-7-4-8-12-18/h3-12,15-16,19,22,28H,2,13-14H2,1H3/t19-/m1/s1. The third-order valence-electron chi connectivity index (χ3n) is 4.91. The van der Waals surface area contributed by atoms with Gasteiger partial charge in [0.25, 0.3) is 0 Å². The summed E-state index contributed by atoms with van der Waals surface area (Å²) in [7, 11) is 0. The minimum Gasteiger partial charge on any atom is -0.503 e. The Balaban J connectivity index is 2.19. The normalized spacial score (nSPS) is 12.1. The smallest absolute Gasteiger partial charge is 0.242 e. The summed E-state index contributed by atoms with van der Waals surface area (Å²) in [6, 6.07) is 19.5. The SMILES string of the molecule is CCOCC[C@H](C(c1ccccc1)c1ccccc1)n1ncc(=O)c(O)c1C=O. The van der Waals surface area contributed by atoms with Crippen molar-refractivity contribution in [1.29, 1.82) is 0 Å². The van der Waals surface area contributed by atoms with E-state index in [2.05, 4.69) is 5.10 Å². The predicted molar refractivity (Wildman–Crippen MR) is 110 cm³/mol. The van der Waals surface area contributed by atoms with Crippen molar-refractivity contribution in [2.24, 2.45) is 0 Å². The Labute approximate surface area is 169 Å². The van der Waals surface area contributed by atoms with Crippen LogP contribution in [0.5, 0.6) is 5.75 Å². The molecular weight excluding hydrogens is 368 g/mol. The molecular formula is C23H24N2O4. The quantitative estimate of drug-likeness (QED) is 0.445. The Hall–Kier alpha value is -3.25. The number of carbonyl (C=O) groups is 1. The number of nitrogens with zero attached hydrogens (tertiary/aromatic N) is 2. The Morgan fingerprint density at radius 3 is 2.17 bits per heavy atom. The van der Waals surface area contributed by atoms with Crippen LogP contribution < -0.4 is 5.43 Å². The largest absolute Gasteiger partial charge is 0.503 e. The average Bonchev–Trinajstić information content (AvgIpc) is 2.76. The van der Waals surface area contributed by atoms with E-state index in [0.717, 1.165) is 17.3 Å². The van der Waals surface area contributed by atoms with E-state index in [1.807, 2.05) is 67.6 Å². The van der Waals surface area contributed by atoms with E-state index in [-0.39, 0.29) is 17.7 Å². The molecule has 2 aromatic carbocycles. The molecule has 0 aliphatic carbocycles. The zero-order chi connectivity index (χ0) is 20.6. The number of carbonyl (C=O) groups excluding carboxylic acids is 1. The molecule has 0 fully saturated rings. The van der Waals surface area contributed by atoms with Gasteiger partial charge in [0.1, 0.15) is 5.69 Å².